The number of hydrogen-bond acceptors (Lipinski definition) is 2. The summed E-state index contributed by atoms with van der Waals surface area (Å²) >= 11 is 5.82. The van der Waals surface area contributed by atoms with Crippen molar-refractivity contribution in [3.8, 4) is 5.75 Å². The van der Waals surface area contributed by atoms with E-state index in [4.69, 9.17) is 16.3 Å². The monoisotopic (exact) mass is 345 g/mol. The van der Waals surface area contributed by atoms with Crippen LogP contribution in [0.5, 0.6) is 5.75 Å². The number of carbonyl (C=O) groups is 1. The molecule has 1 unspecified atom stereocenters. The van der Waals surface area contributed by atoms with Crippen molar-refractivity contribution >= 4 is 17.5 Å². The van der Waals surface area contributed by atoms with Gasteiger partial charge in [-0.2, -0.15) is 0 Å². The molecule has 0 aromatic heterocycles. The maximum absolute atomic E-state index is 12.1. The normalized spacial score (nSPS) is 11.8. The fraction of sp³-hybridized carbons (Fsp3) is 0.350. The van der Waals surface area contributed by atoms with Crippen molar-refractivity contribution in [1.82, 2.24) is 5.32 Å². The second-order valence-electron chi connectivity index (χ2n) is 6.04. The Morgan fingerprint density at radius 3 is 2.50 bits per heavy atom. The molecule has 4 heteroatoms. The van der Waals surface area contributed by atoms with Crippen LogP contribution in [0, 0.1) is 13.8 Å². The quantitative estimate of drug-likeness (QED) is 0.717. The van der Waals surface area contributed by atoms with Crippen molar-refractivity contribution in [2.75, 3.05) is 6.61 Å². The molecule has 0 aliphatic heterocycles. The lowest BCUT2D eigenvalue weighted by Crippen LogP contribution is -2.26. The first-order valence-corrected chi connectivity index (χ1v) is 8.58. The largest absolute Gasteiger partial charge is 0.494 e. The highest BCUT2D eigenvalue weighted by Crippen LogP contribution is 2.17. The van der Waals surface area contributed by atoms with Crippen molar-refractivity contribution in [3.05, 3.63) is 64.2 Å². The molecule has 2 aromatic rings. The van der Waals surface area contributed by atoms with Gasteiger partial charge in [-0.15, -0.1) is 0 Å². The van der Waals surface area contributed by atoms with Gasteiger partial charge in [-0.05, 0) is 68.1 Å². The number of amides is 1. The lowest BCUT2D eigenvalue weighted by Gasteiger charge is -2.16. The van der Waals surface area contributed by atoms with Gasteiger partial charge in [0.15, 0.2) is 0 Å². The van der Waals surface area contributed by atoms with Crippen LogP contribution in [0.1, 0.15) is 42.5 Å². The zero-order chi connectivity index (χ0) is 17.5. The van der Waals surface area contributed by atoms with Crippen LogP contribution in [0.4, 0.5) is 0 Å². The molecule has 0 saturated heterocycles. The van der Waals surface area contributed by atoms with Crippen molar-refractivity contribution in [1.29, 1.82) is 0 Å². The number of rotatable bonds is 7. The Morgan fingerprint density at radius 1 is 1.12 bits per heavy atom. The second-order valence-corrected chi connectivity index (χ2v) is 6.48. The van der Waals surface area contributed by atoms with Gasteiger partial charge < -0.3 is 10.1 Å². The van der Waals surface area contributed by atoms with Crippen molar-refractivity contribution < 1.29 is 9.53 Å². The van der Waals surface area contributed by atoms with E-state index in [9.17, 15) is 4.79 Å². The Morgan fingerprint density at radius 2 is 1.83 bits per heavy atom. The predicted octanol–water partition coefficient (Wildman–Crippen LogP) is 4.99. The summed E-state index contributed by atoms with van der Waals surface area (Å²) in [6.07, 6.45) is 1.12. The summed E-state index contributed by atoms with van der Waals surface area (Å²) in [5.41, 5.74) is 3.63. The van der Waals surface area contributed by atoms with Crippen molar-refractivity contribution in [2.45, 2.75) is 39.7 Å². The topological polar surface area (TPSA) is 38.3 Å². The third kappa shape index (κ3) is 5.57. The Labute approximate surface area is 149 Å². The maximum atomic E-state index is 12.1. The van der Waals surface area contributed by atoms with Crippen LogP contribution in [-0.2, 0) is 4.79 Å². The van der Waals surface area contributed by atoms with E-state index >= 15 is 0 Å². The standard InChI is InChI=1S/C20H24ClNO2/c1-14-6-7-17(13-15(14)2)16(3)22-20(23)5-4-12-24-19-10-8-18(21)9-11-19/h6-11,13,16H,4-5,12H2,1-3H3,(H,22,23). The molecule has 1 atom stereocenters. The molecule has 24 heavy (non-hydrogen) atoms. The average molecular weight is 346 g/mol. The number of carbonyl (C=O) groups excluding carboxylic acids is 1. The summed E-state index contributed by atoms with van der Waals surface area (Å²) in [7, 11) is 0. The highest BCUT2D eigenvalue weighted by atomic mass is 35.5. The molecule has 0 fully saturated rings. The zero-order valence-corrected chi connectivity index (χ0v) is 15.2. The summed E-state index contributed by atoms with van der Waals surface area (Å²) in [5.74, 6) is 0.809. The van der Waals surface area contributed by atoms with Gasteiger partial charge in [-0.1, -0.05) is 29.8 Å². The molecule has 1 N–H and O–H groups in total. The molecule has 2 rings (SSSR count). The van der Waals surface area contributed by atoms with Crippen molar-refractivity contribution in [3.63, 3.8) is 0 Å². The molecule has 0 spiro atoms. The average Bonchev–Trinajstić information content (AvgIpc) is 2.55. The van der Waals surface area contributed by atoms with Gasteiger partial charge in [0.25, 0.3) is 0 Å². The summed E-state index contributed by atoms with van der Waals surface area (Å²) in [4.78, 5) is 12.1. The number of benzene rings is 2. The highest BCUT2D eigenvalue weighted by Gasteiger charge is 2.10. The van der Waals surface area contributed by atoms with Crippen LogP contribution in [0.3, 0.4) is 0 Å². The summed E-state index contributed by atoms with van der Waals surface area (Å²) in [6.45, 7) is 6.68. The number of ether oxygens (including phenoxy) is 1. The third-order valence-electron chi connectivity index (χ3n) is 4.04. The van der Waals surface area contributed by atoms with Gasteiger partial charge in [0.05, 0.1) is 12.6 Å². The van der Waals surface area contributed by atoms with Gasteiger partial charge in [0, 0.05) is 11.4 Å². The first-order valence-electron chi connectivity index (χ1n) is 8.20. The fourth-order valence-electron chi connectivity index (χ4n) is 2.38. The van der Waals surface area contributed by atoms with E-state index in [1.165, 1.54) is 11.1 Å². The van der Waals surface area contributed by atoms with Gasteiger partial charge in [0.2, 0.25) is 5.91 Å². The Kier molecular flexibility index (Phi) is 6.68. The van der Waals surface area contributed by atoms with Crippen LogP contribution in [0.25, 0.3) is 0 Å². The van der Waals surface area contributed by atoms with Crippen LogP contribution in [0.15, 0.2) is 42.5 Å². The van der Waals surface area contributed by atoms with E-state index in [2.05, 4.69) is 37.4 Å². The fourth-order valence-corrected chi connectivity index (χ4v) is 2.51. The van der Waals surface area contributed by atoms with E-state index in [1.807, 2.05) is 19.1 Å². The molecular weight excluding hydrogens is 322 g/mol. The minimum absolute atomic E-state index is 0.00832. The van der Waals surface area contributed by atoms with Gasteiger partial charge in [-0.3, -0.25) is 4.79 Å². The molecule has 128 valence electrons. The number of aryl methyl sites for hydroxylation is 2. The minimum atomic E-state index is 0.00832. The first-order chi connectivity index (χ1) is 11.5. The molecule has 1 amide bonds. The van der Waals surface area contributed by atoms with E-state index in [1.54, 1.807) is 12.1 Å². The van der Waals surface area contributed by atoms with E-state index in [-0.39, 0.29) is 11.9 Å². The smallest absolute Gasteiger partial charge is 0.220 e. The number of hydrogen-bond donors (Lipinski definition) is 1. The molecule has 0 heterocycles. The SMILES string of the molecule is Cc1ccc(C(C)NC(=O)CCCOc2ccc(Cl)cc2)cc1C. The summed E-state index contributed by atoms with van der Waals surface area (Å²) in [5, 5.41) is 3.72. The lowest BCUT2D eigenvalue weighted by molar-refractivity contribution is -0.121. The molecule has 0 aliphatic rings. The highest BCUT2D eigenvalue weighted by molar-refractivity contribution is 6.30. The number of halogens is 1. The molecule has 3 nitrogen and oxygen atoms in total. The second kappa shape index (κ2) is 8.74. The van der Waals surface area contributed by atoms with Crippen LogP contribution in [-0.4, -0.2) is 12.5 Å². The van der Waals surface area contributed by atoms with Gasteiger partial charge >= 0.3 is 0 Å². The zero-order valence-electron chi connectivity index (χ0n) is 14.4. The molecule has 0 aliphatic carbocycles. The van der Waals surface area contributed by atoms with Gasteiger partial charge in [-0.25, -0.2) is 0 Å². The van der Waals surface area contributed by atoms with E-state index < -0.39 is 0 Å². The van der Waals surface area contributed by atoms with Gasteiger partial charge in [0.1, 0.15) is 5.75 Å². The minimum Gasteiger partial charge on any atom is -0.494 e. The summed E-state index contributed by atoms with van der Waals surface area (Å²) < 4.78 is 5.59. The van der Waals surface area contributed by atoms with Crippen LogP contribution >= 0.6 is 11.6 Å². The molecule has 2 aromatic carbocycles. The van der Waals surface area contributed by atoms with Crippen molar-refractivity contribution in [2.24, 2.45) is 0 Å². The third-order valence-corrected chi connectivity index (χ3v) is 4.29. The van der Waals surface area contributed by atoms with Crippen LogP contribution < -0.4 is 10.1 Å². The van der Waals surface area contributed by atoms with E-state index in [0.717, 1.165) is 11.3 Å². The Balaban J connectivity index is 1.72. The number of nitrogens with one attached hydrogen (secondary N) is 1. The predicted molar refractivity (Wildman–Crippen MR) is 98.7 cm³/mol. The maximum Gasteiger partial charge on any atom is 0.220 e. The van der Waals surface area contributed by atoms with Crippen LogP contribution in [0.2, 0.25) is 5.02 Å². The lowest BCUT2D eigenvalue weighted by atomic mass is 10.0. The molecule has 0 saturated carbocycles. The first kappa shape index (κ1) is 18.3. The Hall–Kier alpha value is -2.00. The van der Waals surface area contributed by atoms with E-state index in [0.29, 0.717) is 24.5 Å². The molecule has 0 radical (unpaired) electrons. The molecular formula is C20H24ClNO2. The molecule has 0 bridgehead atoms. The summed E-state index contributed by atoms with van der Waals surface area (Å²) in [6, 6.07) is 13.5. The Bertz CT molecular complexity index is 683.